The van der Waals surface area contributed by atoms with Crippen LogP contribution in [-0.2, 0) is 16.4 Å². The Morgan fingerprint density at radius 2 is 1.97 bits per heavy atom. The van der Waals surface area contributed by atoms with Gasteiger partial charge in [0.05, 0.1) is 31.7 Å². The number of nitrogens with one attached hydrogen (secondary N) is 1. The molecular weight excluding hydrogens is 416 g/mol. The van der Waals surface area contributed by atoms with Crippen LogP contribution in [0.3, 0.4) is 0 Å². The van der Waals surface area contributed by atoms with E-state index in [1.54, 1.807) is 25.3 Å². The number of hydrogen-bond acceptors (Lipinski definition) is 5. The molecule has 0 bridgehead atoms. The van der Waals surface area contributed by atoms with E-state index in [0.29, 0.717) is 35.8 Å². The van der Waals surface area contributed by atoms with Gasteiger partial charge in [-0.05, 0) is 68.1 Å². The second kappa shape index (κ2) is 9.18. The number of fused-ring (bicyclic) bond motifs is 1. The molecule has 1 N–H and O–H groups in total. The van der Waals surface area contributed by atoms with Gasteiger partial charge in [-0.2, -0.15) is 0 Å². The molecule has 0 fully saturated rings. The van der Waals surface area contributed by atoms with E-state index < -0.39 is 10.0 Å². The number of anilines is 1. The third-order valence-corrected chi connectivity index (χ3v) is 6.62. The summed E-state index contributed by atoms with van der Waals surface area (Å²) >= 11 is 0. The molecule has 0 aromatic heterocycles. The van der Waals surface area contributed by atoms with Crippen molar-refractivity contribution < 1.29 is 22.7 Å². The van der Waals surface area contributed by atoms with E-state index in [9.17, 15) is 13.2 Å². The average molecular weight is 447 g/mol. The predicted octanol–water partition coefficient (Wildman–Crippen LogP) is 3.69. The monoisotopic (exact) mass is 446 g/mol. The highest BCUT2D eigenvalue weighted by molar-refractivity contribution is 7.92. The van der Waals surface area contributed by atoms with Gasteiger partial charge in [0.1, 0.15) is 0 Å². The summed E-state index contributed by atoms with van der Waals surface area (Å²) in [5.74, 6) is 1.08. The number of benzene rings is 2. The molecule has 31 heavy (non-hydrogen) atoms. The maximum absolute atomic E-state index is 12.9. The molecule has 2 aromatic rings. The highest BCUT2D eigenvalue weighted by atomic mass is 32.2. The van der Waals surface area contributed by atoms with Gasteiger partial charge in [-0.25, -0.2) is 8.42 Å². The fraction of sp³-hybridized carbons (Fsp3) is 0.435. The van der Waals surface area contributed by atoms with E-state index in [1.165, 1.54) is 10.6 Å². The first-order chi connectivity index (χ1) is 14.7. The summed E-state index contributed by atoms with van der Waals surface area (Å²) in [7, 11) is -1.77. The number of nitrogens with zero attached hydrogens (tertiary/aromatic N) is 1. The molecule has 1 aliphatic rings. The van der Waals surface area contributed by atoms with E-state index in [2.05, 4.69) is 5.32 Å². The standard InChI is InChI=1S/C23H30N2O5S/c1-6-11-30-21-10-8-17(14-22(21)29-4)16(3)24-23(26)18-7-9-20-19(13-18)12-15(2)25(20)31(5,27)28/h7-10,13-16H,6,11-12H2,1-5H3,(H,24,26). The lowest BCUT2D eigenvalue weighted by Gasteiger charge is -2.22. The van der Waals surface area contributed by atoms with Gasteiger partial charge >= 0.3 is 0 Å². The van der Waals surface area contributed by atoms with Gasteiger partial charge < -0.3 is 14.8 Å². The molecule has 1 heterocycles. The minimum atomic E-state index is -3.36. The number of rotatable bonds is 8. The Labute approximate surface area is 184 Å². The maximum atomic E-state index is 12.9. The summed E-state index contributed by atoms with van der Waals surface area (Å²) in [4.78, 5) is 12.9. The highest BCUT2D eigenvalue weighted by Gasteiger charge is 2.32. The largest absolute Gasteiger partial charge is 0.493 e. The van der Waals surface area contributed by atoms with Crippen LogP contribution in [0.25, 0.3) is 0 Å². The molecule has 1 amide bonds. The molecule has 0 spiro atoms. The van der Waals surface area contributed by atoms with Crippen molar-refractivity contribution in [1.82, 2.24) is 5.32 Å². The fourth-order valence-electron chi connectivity index (χ4n) is 3.90. The van der Waals surface area contributed by atoms with E-state index in [-0.39, 0.29) is 18.0 Å². The number of amides is 1. The van der Waals surface area contributed by atoms with Gasteiger partial charge in [0.25, 0.3) is 5.91 Å². The van der Waals surface area contributed by atoms with E-state index in [4.69, 9.17) is 9.47 Å². The summed E-state index contributed by atoms with van der Waals surface area (Å²) in [5, 5.41) is 3.00. The van der Waals surface area contributed by atoms with Crippen molar-refractivity contribution in [2.75, 3.05) is 24.3 Å². The van der Waals surface area contributed by atoms with Crippen LogP contribution < -0.4 is 19.1 Å². The van der Waals surface area contributed by atoms with E-state index in [0.717, 1.165) is 17.5 Å². The minimum Gasteiger partial charge on any atom is -0.493 e. The summed E-state index contributed by atoms with van der Waals surface area (Å²) in [6, 6.07) is 10.4. The molecule has 0 saturated heterocycles. The van der Waals surface area contributed by atoms with Gasteiger partial charge in [0.2, 0.25) is 10.0 Å². The minimum absolute atomic E-state index is 0.164. The molecule has 0 radical (unpaired) electrons. The number of sulfonamides is 1. The van der Waals surface area contributed by atoms with Crippen LogP contribution in [0, 0.1) is 0 Å². The number of hydrogen-bond donors (Lipinski definition) is 1. The van der Waals surface area contributed by atoms with Crippen molar-refractivity contribution in [1.29, 1.82) is 0 Å². The lowest BCUT2D eigenvalue weighted by Crippen LogP contribution is -2.34. The first kappa shape index (κ1) is 22.9. The maximum Gasteiger partial charge on any atom is 0.251 e. The van der Waals surface area contributed by atoms with Gasteiger partial charge in [-0.15, -0.1) is 0 Å². The second-order valence-electron chi connectivity index (χ2n) is 7.91. The molecule has 7 nitrogen and oxygen atoms in total. The van der Waals surface area contributed by atoms with Gasteiger partial charge in [0.15, 0.2) is 11.5 Å². The molecule has 0 saturated carbocycles. The molecule has 2 aromatic carbocycles. The van der Waals surface area contributed by atoms with E-state index in [1.807, 2.05) is 39.0 Å². The van der Waals surface area contributed by atoms with Crippen LogP contribution >= 0.6 is 0 Å². The van der Waals surface area contributed by atoms with Gasteiger partial charge in [0, 0.05) is 11.6 Å². The third kappa shape index (κ3) is 4.95. The number of carbonyl (C=O) groups is 1. The summed E-state index contributed by atoms with van der Waals surface area (Å²) in [6.45, 7) is 6.41. The summed E-state index contributed by atoms with van der Waals surface area (Å²) < 4.78 is 36.7. The molecule has 2 atom stereocenters. The highest BCUT2D eigenvalue weighted by Crippen LogP contribution is 2.35. The first-order valence-corrected chi connectivity index (χ1v) is 12.2. The molecule has 168 valence electrons. The van der Waals surface area contributed by atoms with Crippen LogP contribution in [0.4, 0.5) is 5.69 Å². The number of carbonyl (C=O) groups excluding carboxylic acids is 1. The van der Waals surface area contributed by atoms with Crippen LogP contribution in [0.15, 0.2) is 36.4 Å². The smallest absolute Gasteiger partial charge is 0.251 e. The lowest BCUT2D eigenvalue weighted by atomic mass is 10.0. The van der Waals surface area contributed by atoms with Crippen molar-refractivity contribution >= 4 is 21.6 Å². The molecule has 8 heteroatoms. The Morgan fingerprint density at radius 1 is 1.23 bits per heavy atom. The van der Waals surface area contributed by atoms with Crippen molar-refractivity contribution in [2.24, 2.45) is 0 Å². The summed E-state index contributed by atoms with van der Waals surface area (Å²) in [5.41, 5.74) is 2.90. The Kier molecular flexibility index (Phi) is 6.79. The number of ether oxygens (including phenoxy) is 2. The van der Waals surface area contributed by atoms with E-state index >= 15 is 0 Å². The SMILES string of the molecule is CCCOc1ccc(C(C)NC(=O)c2ccc3c(c2)CC(C)N3S(C)(=O)=O)cc1OC. The van der Waals surface area contributed by atoms with Crippen LogP contribution in [0.2, 0.25) is 0 Å². The zero-order chi connectivity index (χ0) is 22.8. The lowest BCUT2D eigenvalue weighted by molar-refractivity contribution is 0.0939. The quantitative estimate of drug-likeness (QED) is 0.669. The molecule has 2 unspecified atom stereocenters. The Morgan fingerprint density at radius 3 is 2.61 bits per heavy atom. The van der Waals surface area contributed by atoms with Crippen molar-refractivity contribution in [2.45, 2.75) is 45.7 Å². The van der Waals surface area contributed by atoms with Gasteiger partial charge in [-0.1, -0.05) is 13.0 Å². The molecular formula is C23H30N2O5S. The zero-order valence-electron chi connectivity index (χ0n) is 18.6. The first-order valence-electron chi connectivity index (χ1n) is 10.4. The predicted molar refractivity (Wildman–Crippen MR) is 122 cm³/mol. The molecule has 3 rings (SSSR count). The van der Waals surface area contributed by atoms with Crippen molar-refractivity contribution in [3.05, 3.63) is 53.1 Å². The second-order valence-corrected chi connectivity index (χ2v) is 9.77. The van der Waals surface area contributed by atoms with Crippen LogP contribution in [-0.4, -0.2) is 40.3 Å². The fourth-order valence-corrected chi connectivity index (χ4v) is 5.16. The normalized spacial score (nSPS) is 16.5. The number of methoxy groups -OCH3 is 1. The van der Waals surface area contributed by atoms with Gasteiger partial charge in [-0.3, -0.25) is 9.10 Å². The topological polar surface area (TPSA) is 84.9 Å². The van der Waals surface area contributed by atoms with Crippen LogP contribution in [0.1, 0.15) is 54.7 Å². The average Bonchev–Trinajstić information content (AvgIpc) is 3.07. The molecule has 0 aliphatic carbocycles. The van der Waals surface area contributed by atoms with Crippen LogP contribution in [0.5, 0.6) is 11.5 Å². The molecule has 1 aliphatic heterocycles. The summed E-state index contributed by atoms with van der Waals surface area (Å²) in [6.07, 6.45) is 2.68. The van der Waals surface area contributed by atoms with Crippen molar-refractivity contribution in [3.8, 4) is 11.5 Å². The Bertz CT molecular complexity index is 1070. The van der Waals surface area contributed by atoms with Crippen molar-refractivity contribution in [3.63, 3.8) is 0 Å². The Hall–Kier alpha value is -2.74. The Balaban J connectivity index is 1.76. The third-order valence-electron chi connectivity index (χ3n) is 5.35. The zero-order valence-corrected chi connectivity index (χ0v) is 19.5.